The Hall–Kier alpha value is -1.93. The predicted molar refractivity (Wildman–Crippen MR) is 114 cm³/mol. The first kappa shape index (κ1) is 21.8. The Kier molecular flexibility index (Phi) is 7.66. The quantitative estimate of drug-likeness (QED) is 0.662. The lowest BCUT2D eigenvalue weighted by Crippen LogP contribution is -2.33. The smallest absolute Gasteiger partial charge is 0.233 e. The first-order chi connectivity index (χ1) is 13.9. The van der Waals surface area contributed by atoms with Crippen LogP contribution in [0.1, 0.15) is 45.9 Å². The largest absolute Gasteiger partial charge is 0.355 e. The van der Waals surface area contributed by atoms with Crippen LogP contribution >= 0.6 is 11.8 Å². The number of piperidine rings is 1. The van der Waals surface area contributed by atoms with E-state index in [0.717, 1.165) is 24.6 Å². The second-order valence-electron chi connectivity index (χ2n) is 7.95. The van der Waals surface area contributed by atoms with Crippen LogP contribution in [0.25, 0.3) is 5.69 Å². The van der Waals surface area contributed by atoms with Gasteiger partial charge in [0.25, 0.3) is 0 Å². The molecule has 0 spiro atoms. The topological polar surface area (TPSA) is 63.1 Å². The number of amides is 1. The molecule has 1 unspecified atom stereocenters. The van der Waals surface area contributed by atoms with Crippen molar-refractivity contribution in [1.82, 2.24) is 25.0 Å². The van der Waals surface area contributed by atoms with Gasteiger partial charge in [-0.25, -0.2) is 4.39 Å². The molecular weight excluding hydrogens is 389 g/mol. The zero-order valence-electron chi connectivity index (χ0n) is 17.4. The van der Waals surface area contributed by atoms with E-state index in [9.17, 15) is 9.18 Å². The maximum absolute atomic E-state index is 13.5. The van der Waals surface area contributed by atoms with Crippen molar-refractivity contribution in [2.24, 2.45) is 5.92 Å². The normalized spacial score (nSPS) is 16.2. The molecule has 29 heavy (non-hydrogen) atoms. The van der Waals surface area contributed by atoms with Crippen LogP contribution in [-0.4, -0.2) is 50.5 Å². The highest BCUT2D eigenvalue weighted by molar-refractivity contribution is 8.00. The van der Waals surface area contributed by atoms with Crippen LogP contribution in [0, 0.1) is 11.7 Å². The molecule has 1 amide bonds. The molecule has 8 heteroatoms. The van der Waals surface area contributed by atoms with E-state index in [0.29, 0.717) is 24.2 Å². The van der Waals surface area contributed by atoms with Gasteiger partial charge in [-0.15, -0.1) is 10.2 Å². The van der Waals surface area contributed by atoms with Crippen LogP contribution in [0.15, 0.2) is 29.4 Å². The molecular formula is C21H30FN5OS. The highest BCUT2D eigenvalue weighted by Gasteiger charge is 2.23. The fourth-order valence-corrected chi connectivity index (χ4v) is 4.22. The number of nitrogens with one attached hydrogen (secondary N) is 1. The number of carbonyl (C=O) groups excluding carboxylic acids is 1. The molecule has 1 saturated heterocycles. The van der Waals surface area contributed by atoms with Crippen LogP contribution in [0.4, 0.5) is 4.39 Å². The summed E-state index contributed by atoms with van der Waals surface area (Å²) >= 11 is 1.38. The Labute approximate surface area is 176 Å². The minimum Gasteiger partial charge on any atom is -0.355 e. The van der Waals surface area contributed by atoms with Crippen molar-refractivity contribution in [1.29, 1.82) is 0 Å². The summed E-state index contributed by atoms with van der Waals surface area (Å²) in [5.41, 5.74) is 0.806. The second-order valence-corrected chi connectivity index (χ2v) is 9.25. The summed E-state index contributed by atoms with van der Waals surface area (Å²) in [4.78, 5) is 14.8. The summed E-state index contributed by atoms with van der Waals surface area (Å²) in [5, 5.41) is 12.1. The van der Waals surface area contributed by atoms with E-state index in [1.807, 2.05) is 11.5 Å². The zero-order valence-corrected chi connectivity index (χ0v) is 18.2. The number of likely N-dealkylation sites (tertiary alicyclic amines) is 1. The van der Waals surface area contributed by atoms with Crippen molar-refractivity contribution < 1.29 is 9.18 Å². The van der Waals surface area contributed by atoms with Crippen molar-refractivity contribution in [3.05, 3.63) is 35.9 Å². The lowest BCUT2D eigenvalue weighted by Gasteiger charge is -2.26. The SMILES string of the molecule is CC(C)CNC(=O)C(C)Sc1nnc(CN2CCCCC2)n1-c1ccc(F)cc1. The Morgan fingerprint density at radius 3 is 2.48 bits per heavy atom. The molecule has 0 bridgehead atoms. The standard InChI is InChI=1S/C21H30FN5OS/c1-15(2)13-23-20(28)16(3)29-21-25-24-19(14-26-11-5-4-6-12-26)27(21)18-9-7-17(22)8-10-18/h7-10,15-16H,4-6,11-14H2,1-3H3,(H,23,28). The van der Waals surface area contributed by atoms with Gasteiger partial charge in [-0.2, -0.15) is 0 Å². The van der Waals surface area contributed by atoms with Crippen molar-refractivity contribution in [3.63, 3.8) is 0 Å². The molecule has 1 aliphatic rings. The Morgan fingerprint density at radius 2 is 1.83 bits per heavy atom. The molecule has 2 heterocycles. The average molecular weight is 420 g/mol. The molecule has 6 nitrogen and oxygen atoms in total. The Bertz CT molecular complexity index is 802. The highest BCUT2D eigenvalue weighted by atomic mass is 32.2. The molecule has 1 aromatic heterocycles. The number of hydrogen-bond acceptors (Lipinski definition) is 5. The summed E-state index contributed by atoms with van der Waals surface area (Å²) in [7, 11) is 0. The van der Waals surface area contributed by atoms with Crippen LogP contribution in [-0.2, 0) is 11.3 Å². The van der Waals surface area contributed by atoms with Crippen LogP contribution in [0.2, 0.25) is 0 Å². The molecule has 3 rings (SSSR count). The first-order valence-corrected chi connectivity index (χ1v) is 11.2. The minimum absolute atomic E-state index is 0.0186. The fourth-order valence-electron chi connectivity index (χ4n) is 3.31. The van der Waals surface area contributed by atoms with Gasteiger partial charge in [-0.3, -0.25) is 14.3 Å². The van der Waals surface area contributed by atoms with Crippen LogP contribution in [0.3, 0.4) is 0 Å². The van der Waals surface area contributed by atoms with Gasteiger partial charge in [0.15, 0.2) is 11.0 Å². The number of rotatable bonds is 8. The van der Waals surface area contributed by atoms with Gasteiger partial charge >= 0.3 is 0 Å². The number of nitrogens with zero attached hydrogens (tertiary/aromatic N) is 4. The maximum Gasteiger partial charge on any atom is 0.233 e. The van der Waals surface area contributed by atoms with E-state index in [1.165, 1.54) is 43.2 Å². The van der Waals surface area contributed by atoms with E-state index in [2.05, 4.69) is 34.3 Å². The minimum atomic E-state index is -0.306. The molecule has 1 fully saturated rings. The van der Waals surface area contributed by atoms with E-state index in [-0.39, 0.29) is 17.0 Å². The highest BCUT2D eigenvalue weighted by Crippen LogP contribution is 2.27. The van der Waals surface area contributed by atoms with Gasteiger partial charge in [0.05, 0.1) is 11.8 Å². The van der Waals surface area contributed by atoms with E-state index in [4.69, 9.17) is 0 Å². The molecule has 1 N–H and O–H groups in total. The summed E-state index contributed by atoms with van der Waals surface area (Å²) in [6.07, 6.45) is 3.66. The summed E-state index contributed by atoms with van der Waals surface area (Å²) in [6.45, 7) is 9.44. The number of hydrogen-bond donors (Lipinski definition) is 1. The third kappa shape index (κ3) is 6.02. The van der Waals surface area contributed by atoms with E-state index < -0.39 is 0 Å². The van der Waals surface area contributed by atoms with Crippen molar-refractivity contribution in [2.75, 3.05) is 19.6 Å². The van der Waals surface area contributed by atoms with Crippen LogP contribution in [0.5, 0.6) is 0 Å². The van der Waals surface area contributed by atoms with Gasteiger partial charge in [0, 0.05) is 12.2 Å². The number of carbonyl (C=O) groups is 1. The van der Waals surface area contributed by atoms with E-state index in [1.54, 1.807) is 12.1 Å². The first-order valence-electron chi connectivity index (χ1n) is 10.3. The van der Waals surface area contributed by atoms with Gasteiger partial charge in [-0.1, -0.05) is 32.0 Å². The lowest BCUT2D eigenvalue weighted by atomic mass is 10.1. The van der Waals surface area contributed by atoms with E-state index >= 15 is 0 Å². The molecule has 1 aromatic carbocycles. The molecule has 0 saturated carbocycles. The monoisotopic (exact) mass is 419 g/mol. The summed E-state index contributed by atoms with van der Waals surface area (Å²) in [5.74, 6) is 0.913. The molecule has 158 valence electrons. The number of aromatic nitrogens is 3. The van der Waals surface area contributed by atoms with Gasteiger partial charge in [0.1, 0.15) is 5.82 Å². The lowest BCUT2D eigenvalue weighted by molar-refractivity contribution is -0.120. The van der Waals surface area contributed by atoms with Gasteiger partial charge in [0.2, 0.25) is 5.91 Å². The fraction of sp³-hybridized carbons (Fsp3) is 0.571. The number of halogens is 1. The van der Waals surface area contributed by atoms with Gasteiger partial charge in [-0.05, 0) is 63.0 Å². The molecule has 0 radical (unpaired) electrons. The molecule has 1 aliphatic heterocycles. The summed E-state index contributed by atoms with van der Waals surface area (Å²) in [6, 6.07) is 6.33. The number of thioether (sulfide) groups is 1. The average Bonchev–Trinajstić information content (AvgIpc) is 3.09. The van der Waals surface area contributed by atoms with Crippen molar-refractivity contribution >= 4 is 17.7 Å². The Balaban J connectivity index is 1.82. The number of benzene rings is 1. The van der Waals surface area contributed by atoms with Crippen molar-refractivity contribution in [3.8, 4) is 5.69 Å². The molecule has 2 aromatic rings. The second kappa shape index (κ2) is 10.2. The van der Waals surface area contributed by atoms with Crippen LogP contribution < -0.4 is 5.32 Å². The molecule has 0 aliphatic carbocycles. The summed E-state index contributed by atoms with van der Waals surface area (Å²) < 4.78 is 15.4. The maximum atomic E-state index is 13.5. The Morgan fingerprint density at radius 1 is 1.14 bits per heavy atom. The zero-order chi connectivity index (χ0) is 20.8. The van der Waals surface area contributed by atoms with Gasteiger partial charge < -0.3 is 5.32 Å². The third-order valence-electron chi connectivity index (χ3n) is 4.93. The molecule has 1 atom stereocenters. The third-order valence-corrected chi connectivity index (χ3v) is 5.98. The predicted octanol–water partition coefficient (Wildman–Crippen LogP) is 3.65. The van der Waals surface area contributed by atoms with Crippen molar-refractivity contribution in [2.45, 2.75) is 57.0 Å².